The first-order valence-corrected chi connectivity index (χ1v) is 23.3. The van der Waals surface area contributed by atoms with Crippen LogP contribution < -0.4 is 16.0 Å². The maximum atomic E-state index is 13.8. The Morgan fingerprint density at radius 1 is 0.594 bits per heavy atom. The van der Waals surface area contributed by atoms with E-state index in [0.29, 0.717) is 25.5 Å². The molecule has 21 heteroatoms. The van der Waals surface area contributed by atoms with Crippen LogP contribution in [0.3, 0.4) is 0 Å². The van der Waals surface area contributed by atoms with Gasteiger partial charge in [0.05, 0.1) is 52.9 Å². The van der Waals surface area contributed by atoms with Crippen LogP contribution in [0.4, 0.5) is 4.79 Å². The van der Waals surface area contributed by atoms with E-state index in [0.717, 1.165) is 54.4 Å². The predicted octanol–water partition coefficient (Wildman–Crippen LogP) is 3.43. The Hall–Kier alpha value is -6.47. The number of unbranched alkanes of at least 4 members (excludes halogenated alkanes) is 5. The van der Waals surface area contributed by atoms with Crippen molar-refractivity contribution < 1.29 is 76.7 Å². The SMILES string of the molecule is CCCCCCCCOC(=O)[C@H](CCC(=O)C=[N+]=[N-])NC(=O)[C@H](CCC(=O)C=[N+]=[N-])NC(=O)CC[C@H](NC(=O)OCC1c2ccccc2-c2ccccc21)C(=O)OCCOCCOCCOCCO. The number of alkyl carbamates (subject to hydrolysis) is 1. The zero-order chi connectivity index (χ0) is 50.1. The zero-order valence-corrected chi connectivity index (χ0v) is 39.2. The van der Waals surface area contributed by atoms with Crippen LogP contribution in [0.15, 0.2) is 48.5 Å². The lowest BCUT2D eigenvalue weighted by atomic mass is 9.98. The number of rotatable bonds is 37. The highest BCUT2D eigenvalue weighted by Crippen LogP contribution is 2.44. The van der Waals surface area contributed by atoms with Crippen LogP contribution in [0.2, 0.25) is 0 Å². The van der Waals surface area contributed by atoms with E-state index >= 15 is 0 Å². The summed E-state index contributed by atoms with van der Waals surface area (Å²) in [6, 6.07) is 11.2. The van der Waals surface area contributed by atoms with Gasteiger partial charge in [-0.25, -0.2) is 14.4 Å². The fourth-order valence-electron chi connectivity index (χ4n) is 7.26. The molecule has 21 nitrogen and oxygen atoms in total. The molecule has 376 valence electrons. The quantitative estimate of drug-likeness (QED) is 0.0188. The van der Waals surface area contributed by atoms with Crippen LogP contribution in [0.25, 0.3) is 22.2 Å². The highest BCUT2D eigenvalue weighted by atomic mass is 16.6. The Morgan fingerprint density at radius 3 is 1.67 bits per heavy atom. The fraction of sp³-hybridized carbons (Fsp3) is 0.562. The van der Waals surface area contributed by atoms with Crippen molar-refractivity contribution in [3.63, 3.8) is 0 Å². The molecule has 1 aliphatic rings. The molecular formula is C48H65N7O14. The van der Waals surface area contributed by atoms with E-state index in [-0.39, 0.29) is 97.5 Å². The molecule has 0 spiro atoms. The van der Waals surface area contributed by atoms with Crippen LogP contribution in [0, 0.1) is 0 Å². The molecule has 0 aromatic heterocycles. The summed E-state index contributed by atoms with van der Waals surface area (Å²) in [5.41, 5.74) is 21.6. The van der Waals surface area contributed by atoms with Gasteiger partial charge in [0.15, 0.2) is 0 Å². The van der Waals surface area contributed by atoms with Crippen LogP contribution in [0.1, 0.15) is 101 Å². The second kappa shape index (κ2) is 33.9. The Morgan fingerprint density at radius 2 is 1.09 bits per heavy atom. The highest BCUT2D eigenvalue weighted by molar-refractivity contribution is 6.25. The van der Waals surface area contributed by atoms with Crippen molar-refractivity contribution in [2.75, 3.05) is 66.1 Å². The van der Waals surface area contributed by atoms with Crippen LogP contribution in [0.5, 0.6) is 0 Å². The minimum absolute atomic E-state index is 0.0263. The van der Waals surface area contributed by atoms with Crippen molar-refractivity contribution in [3.05, 3.63) is 70.7 Å². The van der Waals surface area contributed by atoms with Gasteiger partial charge in [-0.05, 0) is 47.9 Å². The molecule has 3 rings (SSSR count). The molecule has 3 atom stereocenters. The average Bonchev–Trinajstić information content (AvgIpc) is 3.66. The molecular weight excluding hydrogens is 899 g/mol. The van der Waals surface area contributed by atoms with E-state index in [2.05, 4.69) is 32.5 Å². The molecule has 0 fully saturated rings. The van der Waals surface area contributed by atoms with Gasteiger partial charge < -0.3 is 60.5 Å². The molecule has 0 bridgehead atoms. The van der Waals surface area contributed by atoms with Gasteiger partial charge in [0.1, 0.15) is 31.3 Å². The highest BCUT2D eigenvalue weighted by Gasteiger charge is 2.32. The van der Waals surface area contributed by atoms with E-state index in [1.54, 1.807) is 0 Å². The summed E-state index contributed by atoms with van der Waals surface area (Å²) in [5, 5.41) is 16.3. The third-order valence-corrected chi connectivity index (χ3v) is 10.8. The monoisotopic (exact) mass is 963 g/mol. The van der Waals surface area contributed by atoms with Crippen molar-refractivity contribution in [1.82, 2.24) is 16.0 Å². The Balaban J connectivity index is 1.70. The van der Waals surface area contributed by atoms with Crippen molar-refractivity contribution in [3.8, 4) is 11.1 Å². The minimum Gasteiger partial charge on any atom is -0.464 e. The number of carbonyl (C=O) groups excluding carboxylic acids is 7. The van der Waals surface area contributed by atoms with Crippen molar-refractivity contribution in [2.45, 2.75) is 108 Å². The molecule has 1 aliphatic carbocycles. The van der Waals surface area contributed by atoms with Gasteiger partial charge in [-0.15, -0.1) is 0 Å². The molecule has 69 heavy (non-hydrogen) atoms. The largest absolute Gasteiger partial charge is 0.464 e. The molecule has 2 aromatic rings. The average molecular weight is 964 g/mol. The predicted molar refractivity (Wildman–Crippen MR) is 248 cm³/mol. The Bertz CT molecular complexity index is 2030. The molecule has 0 radical (unpaired) electrons. The number of aliphatic hydroxyl groups excluding tert-OH is 1. The van der Waals surface area contributed by atoms with Gasteiger partial charge in [0, 0.05) is 25.2 Å². The molecule has 0 unspecified atom stereocenters. The summed E-state index contributed by atoms with van der Waals surface area (Å²) in [5.74, 6) is -5.11. The summed E-state index contributed by atoms with van der Waals surface area (Å²) < 4.78 is 32.4. The van der Waals surface area contributed by atoms with Crippen LogP contribution in [-0.2, 0) is 57.2 Å². The Kier molecular flexibility index (Phi) is 27.9. The smallest absolute Gasteiger partial charge is 0.407 e. The summed E-state index contributed by atoms with van der Waals surface area (Å²) >= 11 is 0. The van der Waals surface area contributed by atoms with Gasteiger partial charge in [-0.2, -0.15) is 9.58 Å². The number of hydrogen-bond donors (Lipinski definition) is 4. The normalized spacial score (nSPS) is 12.7. The van der Waals surface area contributed by atoms with Crippen LogP contribution in [-0.4, -0.2) is 153 Å². The third-order valence-electron chi connectivity index (χ3n) is 10.8. The number of fused-ring (bicyclic) bond motifs is 3. The molecule has 0 aliphatic heterocycles. The zero-order valence-electron chi connectivity index (χ0n) is 39.2. The summed E-state index contributed by atoms with van der Waals surface area (Å²) in [6.45, 7) is 2.91. The standard InChI is InChI=1S/C48H65N7O14/c1-2-3-4-5-6-11-23-67-46(61)42(19-17-35(58)32-52-50)54-45(60)41(18-16-34(57)31-51-49)53-44(59)21-20-43(47(62)68-30-29-66-28-27-65-26-25-64-24-22-56)55-48(63)69-33-40-38-14-9-7-12-36(38)37-13-8-10-15-39(37)40/h7-10,12-15,31-32,40-43,56H,2-6,11,16-30,33H2,1H3,(H,53,59)(H,54,60)(H,55,63)/t41-,42-,43-/m0/s1. The first-order chi connectivity index (χ1) is 33.5. The number of Topliss-reactive ketones (excluding diaryl/α,β-unsaturated/α-hetero) is 2. The molecule has 2 aromatic carbocycles. The van der Waals surface area contributed by atoms with E-state index < -0.39 is 66.0 Å². The molecule has 3 amide bonds. The molecule has 4 N–H and O–H groups in total. The van der Waals surface area contributed by atoms with Crippen molar-refractivity contribution in [1.29, 1.82) is 0 Å². The number of carbonyl (C=O) groups is 7. The number of esters is 2. The van der Waals surface area contributed by atoms with Gasteiger partial charge in [0.25, 0.3) is 0 Å². The van der Waals surface area contributed by atoms with E-state index in [4.69, 9.17) is 44.6 Å². The lowest BCUT2D eigenvalue weighted by Gasteiger charge is -2.23. The number of nitrogens with one attached hydrogen (secondary N) is 3. The lowest BCUT2D eigenvalue weighted by molar-refractivity contribution is -0.148. The number of aliphatic hydroxyl groups is 1. The number of ether oxygens (including phenoxy) is 6. The number of benzene rings is 2. The summed E-state index contributed by atoms with van der Waals surface area (Å²) in [4.78, 5) is 97.1. The van der Waals surface area contributed by atoms with E-state index in [1.807, 2.05) is 48.5 Å². The molecule has 0 saturated heterocycles. The molecule has 0 saturated carbocycles. The number of nitrogens with zero attached hydrogens (tertiary/aromatic N) is 4. The third kappa shape index (κ3) is 22.0. The van der Waals surface area contributed by atoms with E-state index in [9.17, 15) is 33.6 Å². The van der Waals surface area contributed by atoms with Gasteiger partial charge >= 0.3 is 30.5 Å². The fourth-order valence-corrected chi connectivity index (χ4v) is 7.26. The lowest BCUT2D eigenvalue weighted by Crippen LogP contribution is -2.52. The second-order valence-corrected chi connectivity index (χ2v) is 15.9. The maximum Gasteiger partial charge on any atom is 0.407 e. The topological polar surface area (TPSA) is 304 Å². The van der Waals surface area contributed by atoms with Gasteiger partial charge in [0.2, 0.25) is 23.4 Å². The molecule has 0 heterocycles. The van der Waals surface area contributed by atoms with E-state index in [1.165, 1.54) is 0 Å². The van der Waals surface area contributed by atoms with Gasteiger partial charge in [-0.1, -0.05) is 87.6 Å². The Labute approximate surface area is 401 Å². The van der Waals surface area contributed by atoms with Crippen molar-refractivity contribution >= 4 is 53.8 Å². The maximum absolute atomic E-state index is 13.8. The summed E-state index contributed by atoms with van der Waals surface area (Å²) in [7, 11) is 0. The van der Waals surface area contributed by atoms with Crippen LogP contribution >= 0.6 is 0 Å². The first-order valence-electron chi connectivity index (χ1n) is 23.3. The van der Waals surface area contributed by atoms with Crippen molar-refractivity contribution in [2.24, 2.45) is 0 Å². The number of hydrogen-bond acceptors (Lipinski definition) is 14. The van der Waals surface area contributed by atoms with Gasteiger partial charge in [-0.3, -0.25) is 19.2 Å². The first kappa shape index (κ1) is 56.9. The number of amides is 3. The second-order valence-electron chi connectivity index (χ2n) is 15.9. The minimum atomic E-state index is -1.47. The number of ketones is 2. The summed E-state index contributed by atoms with van der Waals surface area (Å²) in [6.07, 6.45) is 3.73.